The molecule has 1 atom stereocenters. The third kappa shape index (κ3) is 2.71. The molecule has 0 aromatic carbocycles. The van der Waals surface area contributed by atoms with Gasteiger partial charge >= 0.3 is 0 Å². The molecule has 1 aliphatic carbocycles. The Labute approximate surface area is 93.0 Å². The fraction of sp³-hybridized carbons (Fsp3) is 1.00. The van der Waals surface area contributed by atoms with Gasteiger partial charge in [-0.3, -0.25) is 0 Å². The average Bonchev–Trinajstić information content (AvgIpc) is 2.10. The monoisotopic (exact) mass is 215 g/mol. The molecule has 1 aliphatic rings. The molecule has 15 heavy (non-hydrogen) atoms. The summed E-state index contributed by atoms with van der Waals surface area (Å²) < 4.78 is 5.09. The first-order chi connectivity index (χ1) is 6.72. The summed E-state index contributed by atoms with van der Waals surface area (Å²) in [4.78, 5) is 0. The lowest BCUT2D eigenvalue weighted by Gasteiger charge is -2.48. The number of nitrogens with two attached hydrogens (primary N) is 1. The Balaban J connectivity index is 2.69. The van der Waals surface area contributed by atoms with Crippen LogP contribution in [0.2, 0.25) is 0 Å². The van der Waals surface area contributed by atoms with Crippen LogP contribution in [0.4, 0.5) is 0 Å². The zero-order chi connectivity index (χ0) is 11.7. The number of ether oxygens (including phenoxy) is 1. The van der Waals surface area contributed by atoms with Gasteiger partial charge in [0.05, 0.1) is 17.7 Å². The van der Waals surface area contributed by atoms with Crippen LogP contribution in [-0.2, 0) is 4.74 Å². The topological polar surface area (TPSA) is 55.5 Å². The van der Waals surface area contributed by atoms with Gasteiger partial charge in [0.25, 0.3) is 0 Å². The van der Waals surface area contributed by atoms with Gasteiger partial charge in [-0.1, -0.05) is 13.8 Å². The second-order valence-electron chi connectivity index (χ2n) is 6.05. The van der Waals surface area contributed by atoms with Gasteiger partial charge in [-0.2, -0.15) is 0 Å². The van der Waals surface area contributed by atoms with Gasteiger partial charge in [0.15, 0.2) is 0 Å². The van der Waals surface area contributed by atoms with Crippen molar-refractivity contribution in [2.24, 2.45) is 11.1 Å². The predicted octanol–water partition coefficient (Wildman–Crippen LogP) is 1.68. The van der Waals surface area contributed by atoms with E-state index in [-0.39, 0.29) is 0 Å². The number of methoxy groups -OCH3 is 1. The summed E-state index contributed by atoms with van der Waals surface area (Å²) in [6.07, 6.45) is 3.60. The van der Waals surface area contributed by atoms with Crippen molar-refractivity contribution in [2.75, 3.05) is 13.7 Å². The van der Waals surface area contributed by atoms with E-state index in [0.29, 0.717) is 12.0 Å². The number of hydrogen-bond donors (Lipinski definition) is 2. The molecular weight excluding hydrogens is 190 g/mol. The molecule has 3 N–H and O–H groups in total. The van der Waals surface area contributed by atoms with Gasteiger partial charge in [-0.05, 0) is 38.0 Å². The van der Waals surface area contributed by atoms with Crippen LogP contribution in [-0.4, -0.2) is 30.0 Å². The Hall–Kier alpha value is -0.120. The molecule has 3 nitrogen and oxygen atoms in total. The predicted molar refractivity (Wildman–Crippen MR) is 61.7 cm³/mol. The Kier molecular flexibility index (Phi) is 3.49. The Morgan fingerprint density at radius 2 is 1.73 bits per heavy atom. The first-order valence-electron chi connectivity index (χ1n) is 5.73. The second kappa shape index (κ2) is 4.04. The molecule has 1 unspecified atom stereocenters. The fourth-order valence-corrected chi connectivity index (χ4v) is 2.35. The molecule has 0 bridgehead atoms. The van der Waals surface area contributed by atoms with Gasteiger partial charge in [0.1, 0.15) is 0 Å². The van der Waals surface area contributed by atoms with Crippen molar-refractivity contribution < 1.29 is 9.84 Å². The van der Waals surface area contributed by atoms with Crippen LogP contribution < -0.4 is 5.73 Å². The Morgan fingerprint density at radius 1 is 1.27 bits per heavy atom. The highest BCUT2D eigenvalue weighted by molar-refractivity contribution is 5.04. The van der Waals surface area contributed by atoms with Crippen molar-refractivity contribution in [1.29, 1.82) is 0 Å². The van der Waals surface area contributed by atoms with Gasteiger partial charge in [0, 0.05) is 7.11 Å². The van der Waals surface area contributed by atoms with Crippen LogP contribution >= 0.6 is 0 Å². The number of rotatable bonds is 3. The summed E-state index contributed by atoms with van der Waals surface area (Å²) >= 11 is 0. The summed E-state index contributed by atoms with van der Waals surface area (Å²) in [6.45, 7) is 6.78. The largest absolute Gasteiger partial charge is 0.388 e. The van der Waals surface area contributed by atoms with E-state index in [1.807, 2.05) is 6.92 Å². The van der Waals surface area contributed by atoms with Crippen LogP contribution in [0.5, 0.6) is 0 Å². The van der Waals surface area contributed by atoms with E-state index in [2.05, 4.69) is 13.8 Å². The van der Waals surface area contributed by atoms with Crippen molar-refractivity contribution in [3.05, 3.63) is 0 Å². The Bertz CT molecular complexity index is 214. The molecule has 3 heteroatoms. The molecule has 0 saturated heterocycles. The van der Waals surface area contributed by atoms with Crippen LogP contribution in [0, 0.1) is 5.41 Å². The maximum atomic E-state index is 10.6. The van der Waals surface area contributed by atoms with Crippen LogP contribution in [0.1, 0.15) is 46.5 Å². The van der Waals surface area contributed by atoms with E-state index in [9.17, 15) is 5.11 Å². The van der Waals surface area contributed by atoms with Crippen LogP contribution in [0.3, 0.4) is 0 Å². The average molecular weight is 215 g/mol. The van der Waals surface area contributed by atoms with E-state index < -0.39 is 11.1 Å². The number of hydrogen-bond acceptors (Lipinski definition) is 3. The highest BCUT2D eigenvalue weighted by atomic mass is 16.5. The van der Waals surface area contributed by atoms with Crippen molar-refractivity contribution >= 4 is 0 Å². The summed E-state index contributed by atoms with van der Waals surface area (Å²) in [7, 11) is 1.63. The molecule has 0 radical (unpaired) electrons. The van der Waals surface area contributed by atoms with E-state index in [1.54, 1.807) is 7.11 Å². The molecule has 0 aromatic rings. The van der Waals surface area contributed by atoms with Crippen molar-refractivity contribution in [1.82, 2.24) is 0 Å². The lowest BCUT2D eigenvalue weighted by Crippen LogP contribution is -2.62. The zero-order valence-electron chi connectivity index (χ0n) is 10.5. The quantitative estimate of drug-likeness (QED) is 0.753. The standard InChI is InChI=1S/C12H25NO2/c1-10(2)5-7-12(14,8-6-10)11(3,13)9-15-4/h14H,5-9,13H2,1-4H3. The summed E-state index contributed by atoms with van der Waals surface area (Å²) in [5.41, 5.74) is 5.09. The molecule has 1 fully saturated rings. The van der Waals surface area contributed by atoms with E-state index >= 15 is 0 Å². The minimum atomic E-state index is -0.765. The SMILES string of the molecule is COCC(C)(N)C1(O)CCC(C)(C)CC1. The summed E-state index contributed by atoms with van der Waals surface area (Å²) in [6, 6.07) is 0. The normalized spacial score (nSPS) is 28.4. The van der Waals surface area contributed by atoms with Crippen LogP contribution in [0.15, 0.2) is 0 Å². The molecule has 0 amide bonds. The van der Waals surface area contributed by atoms with Crippen LogP contribution in [0.25, 0.3) is 0 Å². The molecule has 1 rings (SSSR count). The third-order valence-corrected chi connectivity index (χ3v) is 3.94. The minimum absolute atomic E-state index is 0.343. The molecule has 90 valence electrons. The lowest BCUT2D eigenvalue weighted by atomic mass is 9.65. The van der Waals surface area contributed by atoms with Gasteiger partial charge < -0.3 is 15.6 Å². The van der Waals surface area contributed by atoms with E-state index in [0.717, 1.165) is 25.7 Å². The molecule has 0 aliphatic heterocycles. The van der Waals surface area contributed by atoms with E-state index in [1.165, 1.54) is 0 Å². The fourth-order valence-electron chi connectivity index (χ4n) is 2.35. The van der Waals surface area contributed by atoms with Crippen molar-refractivity contribution in [3.63, 3.8) is 0 Å². The second-order valence-corrected chi connectivity index (χ2v) is 6.05. The first kappa shape index (κ1) is 12.9. The van der Waals surface area contributed by atoms with E-state index in [4.69, 9.17) is 10.5 Å². The Morgan fingerprint density at radius 3 is 2.13 bits per heavy atom. The van der Waals surface area contributed by atoms with Gasteiger partial charge in [0.2, 0.25) is 0 Å². The highest BCUT2D eigenvalue weighted by Crippen LogP contribution is 2.43. The molecular formula is C12H25NO2. The van der Waals surface area contributed by atoms with Gasteiger partial charge in [-0.25, -0.2) is 0 Å². The molecule has 0 heterocycles. The van der Waals surface area contributed by atoms with Crippen molar-refractivity contribution in [2.45, 2.75) is 57.6 Å². The number of aliphatic hydroxyl groups is 1. The molecule has 0 aromatic heterocycles. The zero-order valence-corrected chi connectivity index (χ0v) is 10.5. The third-order valence-electron chi connectivity index (χ3n) is 3.94. The van der Waals surface area contributed by atoms with Crippen molar-refractivity contribution in [3.8, 4) is 0 Å². The lowest BCUT2D eigenvalue weighted by molar-refractivity contribution is -0.0980. The maximum absolute atomic E-state index is 10.6. The summed E-state index contributed by atoms with van der Waals surface area (Å²) in [5.74, 6) is 0. The molecule has 0 spiro atoms. The highest BCUT2D eigenvalue weighted by Gasteiger charge is 2.47. The summed E-state index contributed by atoms with van der Waals surface area (Å²) in [5, 5.41) is 10.6. The first-order valence-corrected chi connectivity index (χ1v) is 5.73. The minimum Gasteiger partial charge on any atom is -0.388 e. The maximum Gasteiger partial charge on any atom is 0.0846 e. The molecule has 1 saturated carbocycles. The van der Waals surface area contributed by atoms with Gasteiger partial charge in [-0.15, -0.1) is 0 Å². The smallest absolute Gasteiger partial charge is 0.0846 e.